The van der Waals surface area contributed by atoms with Crippen molar-refractivity contribution in [3.05, 3.63) is 12.2 Å². The van der Waals surface area contributed by atoms with Crippen LogP contribution in [0.4, 0.5) is 0 Å². The summed E-state index contributed by atoms with van der Waals surface area (Å²) >= 11 is 0. The van der Waals surface area contributed by atoms with Gasteiger partial charge in [-0.2, -0.15) is 0 Å². The van der Waals surface area contributed by atoms with E-state index in [0.29, 0.717) is 5.92 Å². The molecule has 54 valence electrons. The van der Waals surface area contributed by atoms with E-state index in [-0.39, 0.29) is 0 Å². The van der Waals surface area contributed by atoms with Crippen LogP contribution in [0.15, 0.2) is 17.1 Å². The van der Waals surface area contributed by atoms with Gasteiger partial charge in [0.1, 0.15) is 5.84 Å². The van der Waals surface area contributed by atoms with Gasteiger partial charge >= 0.3 is 0 Å². The first-order valence-corrected chi connectivity index (χ1v) is 3.65. The van der Waals surface area contributed by atoms with Gasteiger partial charge in [-0.25, -0.2) is 5.43 Å². The first-order chi connectivity index (χ1) is 4.97. The number of hydrogen-bond acceptors (Lipinski definition) is 3. The van der Waals surface area contributed by atoms with Crippen molar-refractivity contribution >= 4 is 5.84 Å². The van der Waals surface area contributed by atoms with Crippen LogP contribution in [0.5, 0.6) is 0 Å². The van der Waals surface area contributed by atoms with Gasteiger partial charge in [0.05, 0.1) is 6.54 Å². The monoisotopic (exact) mass is 137 g/mol. The van der Waals surface area contributed by atoms with Crippen LogP contribution in [0.25, 0.3) is 0 Å². The Kier molecular flexibility index (Phi) is 1.43. The summed E-state index contributed by atoms with van der Waals surface area (Å²) in [4.78, 5) is 4.34. The second kappa shape index (κ2) is 2.42. The van der Waals surface area contributed by atoms with Crippen LogP contribution in [0.3, 0.4) is 0 Å². The van der Waals surface area contributed by atoms with Crippen LogP contribution in [-0.4, -0.2) is 18.9 Å². The third-order valence-corrected chi connectivity index (χ3v) is 1.91. The SMILES string of the molecule is C1=CCC2CNNC2=NC1. The largest absolute Gasteiger partial charge is 0.309 e. The van der Waals surface area contributed by atoms with Gasteiger partial charge in [0.15, 0.2) is 0 Å². The highest BCUT2D eigenvalue weighted by Crippen LogP contribution is 2.10. The molecule has 0 aromatic rings. The molecule has 2 aliphatic heterocycles. The number of nitrogens with zero attached hydrogens (tertiary/aromatic N) is 1. The van der Waals surface area contributed by atoms with Crippen molar-refractivity contribution in [1.82, 2.24) is 10.9 Å². The third kappa shape index (κ3) is 0.926. The summed E-state index contributed by atoms with van der Waals surface area (Å²) in [6, 6.07) is 0. The topological polar surface area (TPSA) is 36.4 Å². The molecule has 0 amide bonds. The fraction of sp³-hybridized carbons (Fsp3) is 0.571. The van der Waals surface area contributed by atoms with Gasteiger partial charge < -0.3 is 5.43 Å². The number of hydrogen-bond donors (Lipinski definition) is 2. The van der Waals surface area contributed by atoms with Crippen LogP contribution in [-0.2, 0) is 0 Å². The Labute approximate surface area is 60.2 Å². The van der Waals surface area contributed by atoms with Gasteiger partial charge in [0, 0.05) is 12.5 Å². The molecule has 3 heteroatoms. The van der Waals surface area contributed by atoms with Gasteiger partial charge in [-0.3, -0.25) is 4.99 Å². The zero-order valence-electron chi connectivity index (χ0n) is 5.80. The lowest BCUT2D eigenvalue weighted by atomic mass is 10.1. The Hall–Kier alpha value is -0.830. The van der Waals surface area contributed by atoms with Crippen LogP contribution in [0.2, 0.25) is 0 Å². The molecular formula is C7H11N3. The molecule has 1 atom stereocenters. The van der Waals surface area contributed by atoms with E-state index in [4.69, 9.17) is 0 Å². The molecule has 2 rings (SSSR count). The number of hydrazine groups is 1. The minimum Gasteiger partial charge on any atom is -0.309 e. The van der Waals surface area contributed by atoms with E-state index in [1.54, 1.807) is 0 Å². The van der Waals surface area contributed by atoms with E-state index < -0.39 is 0 Å². The predicted molar refractivity (Wildman–Crippen MR) is 40.7 cm³/mol. The van der Waals surface area contributed by atoms with E-state index in [1.807, 2.05) is 0 Å². The molecule has 10 heavy (non-hydrogen) atoms. The van der Waals surface area contributed by atoms with Crippen molar-refractivity contribution in [3.63, 3.8) is 0 Å². The Morgan fingerprint density at radius 3 is 3.50 bits per heavy atom. The number of allylic oxidation sites excluding steroid dienone is 1. The third-order valence-electron chi connectivity index (χ3n) is 1.91. The van der Waals surface area contributed by atoms with Crippen LogP contribution < -0.4 is 10.9 Å². The Balaban J connectivity index is 2.17. The molecule has 0 saturated carbocycles. The lowest BCUT2D eigenvalue weighted by molar-refractivity contribution is 0.659. The molecule has 2 aliphatic rings. The summed E-state index contributed by atoms with van der Waals surface area (Å²) in [7, 11) is 0. The van der Waals surface area contributed by atoms with Crippen LogP contribution in [0, 0.1) is 5.92 Å². The summed E-state index contributed by atoms with van der Waals surface area (Å²) in [6.07, 6.45) is 5.45. The van der Waals surface area contributed by atoms with Gasteiger partial charge in [-0.05, 0) is 6.42 Å². The normalized spacial score (nSPS) is 30.4. The average molecular weight is 137 g/mol. The summed E-state index contributed by atoms with van der Waals surface area (Å²) < 4.78 is 0. The maximum Gasteiger partial charge on any atom is 0.116 e. The molecule has 0 aromatic heterocycles. The van der Waals surface area contributed by atoms with E-state index in [9.17, 15) is 0 Å². The molecule has 0 spiro atoms. The maximum atomic E-state index is 4.34. The minimum atomic E-state index is 0.596. The van der Waals surface area contributed by atoms with Gasteiger partial charge in [-0.1, -0.05) is 12.2 Å². The van der Waals surface area contributed by atoms with Crippen molar-refractivity contribution in [2.24, 2.45) is 10.9 Å². The number of nitrogens with one attached hydrogen (secondary N) is 2. The van der Waals surface area contributed by atoms with Crippen molar-refractivity contribution in [1.29, 1.82) is 0 Å². The number of fused-ring (bicyclic) bond motifs is 1. The highest BCUT2D eigenvalue weighted by Gasteiger charge is 2.20. The maximum absolute atomic E-state index is 4.34. The molecule has 1 unspecified atom stereocenters. The molecule has 2 N–H and O–H groups in total. The zero-order chi connectivity index (χ0) is 6.81. The highest BCUT2D eigenvalue weighted by atomic mass is 15.4. The first-order valence-electron chi connectivity index (χ1n) is 3.65. The summed E-state index contributed by atoms with van der Waals surface area (Å²) in [5, 5.41) is 0. The number of rotatable bonds is 0. The van der Waals surface area contributed by atoms with Gasteiger partial charge in [0.25, 0.3) is 0 Å². The highest BCUT2D eigenvalue weighted by molar-refractivity contribution is 5.86. The average Bonchev–Trinajstić information content (AvgIpc) is 2.28. The minimum absolute atomic E-state index is 0.596. The second-order valence-corrected chi connectivity index (χ2v) is 2.64. The van der Waals surface area contributed by atoms with Gasteiger partial charge in [-0.15, -0.1) is 0 Å². The lowest BCUT2D eigenvalue weighted by Crippen LogP contribution is -2.26. The van der Waals surface area contributed by atoms with Crippen molar-refractivity contribution in [2.45, 2.75) is 6.42 Å². The zero-order valence-corrected chi connectivity index (χ0v) is 5.80. The van der Waals surface area contributed by atoms with E-state index >= 15 is 0 Å². The smallest absolute Gasteiger partial charge is 0.116 e. The van der Waals surface area contributed by atoms with Crippen molar-refractivity contribution < 1.29 is 0 Å². The Morgan fingerprint density at radius 2 is 2.50 bits per heavy atom. The fourth-order valence-electron chi connectivity index (χ4n) is 1.31. The Bertz CT molecular complexity index is 183. The van der Waals surface area contributed by atoms with Crippen LogP contribution >= 0.6 is 0 Å². The fourth-order valence-corrected chi connectivity index (χ4v) is 1.31. The standard InChI is InChI=1S/C7H11N3/c1-2-4-8-7-6(3-1)5-9-10-7/h1-2,6,9H,3-5H2,(H,8,10). The van der Waals surface area contributed by atoms with Crippen molar-refractivity contribution in [3.8, 4) is 0 Å². The molecule has 0 bridgehead atoms. The van der Waals surface area contributed by atoms with Gasteiger partial charge in [0.2, 0.25) is 0 Å². The summed E-state index contributed by atoms with van der Waals surface area (Å²) in [5.74, 6) is 1.73. The number of amidine groups is 1. The second-order valence-electron chi connectivity index (χ2n) is 2.64. The molecule has 3 nitrogen and oxygen atoms in total. The van der Waals surface area contributed by atoms with Crippen LogP contribution in [0.1, 0.15) is 6.42 Å². The molecule has 0 radical (unpaired) electrons. The molecular weight excluding hydrogens is 126 g/mol. The summed E-state index contributed by atoms with van der Waals surface area (Å²) in [6.45, 7) is 1.85. The molecule has 0 aromatic carbocycles. The molecule has 1 fully saturated rings. The van der Waals surface area contributed by atoms with E-state index in [1.165, 1.54) is 0 Å². The summed E-state index contributed by atoms with van der Waals surface area (Å²) in [5.41, 5.74) is 6.14. The van der Waals surface area contributed by atoms with E-state index in [2.05, 4.69) is 28.0 Å². The first kappa shape index (κ1) is 5.92. The predicted octanol–water partition coefficient (Wildman–Crippen LogP) is 0.0688. The molecule has 2 heterocycles. The quantitative estimate of drug-likeness (QED) is 0.463. The molecule has 0 aliphatic carbocycles. The van der Waals surface area contributed by atoms with Crippen molar-refractivity contribution in [2.75, 3.05) is 13.1 Å². The molecule has 1 saturated heterocycles. The van der Waals surface area contributed by atoms with E-state index in [0.717, 1.165) is 25.3 Å². The number of aliphatic imine (C=N–C) groups is 1. The lowest BCUT2D eigenvalue weighted by Gasteiger charge is -2.01. The Morgan fingerprint density at radius 1 is 1.50 bits per heavy atom.